The summed E-state index contributed by atoms with van der Waals surface area (Å²) >= 11 is 0. The maximum Gasteiger partial charge on any atom is 0.255 e. The van der Waals surface area contributed by atoms with Gasteiger partial charge < -0.3 is 14.7 Å². The van der Waals surface area contributed by atoms with Crippen molar-refractivity contribution in [1.82, 2.24) is 20.5 Å². The fourth-order valence-corrected chi connectivity index (χ4v) is 5.80. The number of nitriles is 1. The number of carbonyl (C=O) groups is 1. The summed E-state index contributed by atoms with van der Waals surface area (Å²) in [5.41, 5.74) is 6.98. The van der Waals surface area contributed by atoms with E-state index in [-0.39, 0.29) is 5.91 Å². The molecule has 0 saturated heterocycles. The van der Waals surface area contributed by atoms with E-state index in [4.69, 9.17) is 4.42 Å². The summed E-state index contributed by atoms with van der Waals surface area (Å²) in [6, 6.07) is 22.3. The first-order valence-corrected chi connectivity index (χ1v) is 15.6. The number of aryl methyl sites for hydroxylation is 2. The van der Waals surface area contributed by atoms with Gasteiger partial charge in [0.1, 0.15) is 11.3 Å². The monoisotopic (exact) mass is 604 g/mol. The Morgan fingerprint density at radius 1 is 1.00 bits per heavy atom. The summed E-state index contributed by atoms with van der Waals surface area (Å²) in [6.45, 7) is 3.79. The predicted octanol–water partition coefficient (Wildman–Crippen LogP) is 5.95. The van der Waals surface area contributed by atoms with Crippen LogP contribution in [0.4, 0.5) is 5.69 Å². The summed E-state index contributed by atoms with van der Waals surface area (Å²) in [5, 5.41) is 22.4. The number of aromatic nitrogens is 3. The summed E-state index contributed by atoms with van der Waals surface area (Å²) < 4.78 is 33.0. The number of H-pyrrole nitrogens is 1. The van der Waals surface area contributed by atoms with Gasteiger partial charge in [-0.25, -0.2) is 8.42 Å². The lowest BCUT2D eigenvalue weighted by Crippen LogP contribution is -2.25. The molecule has 0 spiro atoms. The quantitative estimate of drug-likeness (QED) is 0.239. The molecule has 6 rings (SSSR count). The van der Waals surface area contributed by atoms with Crippen molar-refractivity contribution in [3.05, 3.63) is 89.1 Å². The molecular formula is C33H28N6O4S. The van der Waals surface area contributed by atoms with Gasteiger partial charge in [0.05, 0.1) is 40.5 Å². The topological polar surface area (TPSA) is 145 Å². The van der Waals surface area contributed by atoms with E-state index >= 15 is 0 Å². The van der Waals surface area contributed by atoms with Gasteiger partial charge in [0.2, 0.25) is 10.0 Å². The van der Waals surface area contributed by atoms with Crippen molar-refractivity contribution in [2.24, 2.45) is 0 Å². The smallest absolute Gasteiger partial charge is 0.255 e. The van der Waals surface area contributed by atoms with Gasteiger partial charge >= 0.3 is 0 Å². The molecule has 6 aromatic rings. The Morgan fingerprint density at radius 3 is 2.43 bits per heavy atom. The minimum absolute atomic E-state index is 0.306. The van der Waals surface area contributed by atoms with Gasteiger partial charge in [-0.3, -0.25) is 9.10 Å². The van der Waals surface area contributed by atoms with Gasteiger partial charge in [0, 0.05) is 58.8 Å². The normalized spacial score (nSPS) is 11.5. The van der Waals surface area contributed by atoms with E-state index in [1.807, 2.05) is 62.4 Å². The lowest BCUT2D eigenvalue weighted by atomic mass is 9.99. The number of fused-ring (bicyclic) bond motifs is 2. The van der Waals surface area contributed by atoms with Crippen LogP contribution >= 0.6 is 0 Å². The minimum atomic E-state index is -3.70. The molecule has 0 aliphatic heterocycles. The van der Waals surface area contributed by atoms with Crippen LogP contribution in [0.2, 0.25) is 0 Å². The maximum atomic E-state index is 13.3. The van der Waals surface area contributed by atoms with E-state index in [1.54, 1.807) is 25.2 Å². The van der Waals surface area contributed by atoms with Crippen molar-refractivity contribution in [3.8, 4) is 39.9 Å². The number of anilines is 1. The first-order valence-electron chi connectivity index (χ1n) is 13.7. The summed E-state index contributed by atoms with van der Waals surface area (Å²) in [6.07, 6.45) is 1.11. The molecule has 3 aromatic carbocycles. The zero-order valence-corrected chi connectivity index (χ0v) is 25.5. The highest BCUT2D eigenvalue weighted by Gasteiger charge is 2.27. The zero-order valence-electron chi connectivity index (χ0n) is 24.7. The third kappa shape index (κ3) is 4.85. The van der Waals surface area contributed by atoms with E-state index < -0.39 is 10.0 Å². The van der Waals surface area contributed by atoms with Crippen LogP contribution in [0, 0.1) is 25.2 Å². The highest BCUT2D eigenvalue weighted by molar-refractivity contribution is 7.92. The van der Waals surface area contributed by atoms with Crippen molar-refractivity contribution in [3.63, 3.8) is 0 Å². The van der Waals surface area contributed by atoms with Gasteiger partial charge in [0.25, 0.3) is 5.91 Å². The highest BCUT2D eigenvalue weighted by Crippen LogP contribution is 2.41. The molecule has 0 fully saturated rings. The summed E-state index contributed by atoms with van der Waals surface area (Å²) in [4.78, 5) is 16.6. The molecule has 0 aliphatic rings. The minimum Gasteiger partial charge on any atom is -0.455 e. The zero-order chi connectivity index (χ0) is 31.3. The molecule has 0 aliphatic carbocycles. The van der Waals surface area contributed by atoms with Crippen LogP contribution < -0.4 is 9.62 Å². The Morgan fingerprint density at radius 2 is 1.75 bits per heavy atom. The fraction of sp³-hybridized carbons (Fsp3) is 0.152. The van der Waals surface area contributed by atoms with Gasteiger partial charge in [0.15, 0.2) is 0 Å². The Hall–Kier alpha value is -5.47. The van der Waals surface area contributed by atoms with Gasteiger partial charge in [-0.05, 0) is 44.2 Å². The van der Waals surface area contributed by atoms with Crippen molar-refractivity contribution < 1.29 is 17.6 Å². The SMILES string of the molecule is CNC(=O)c1c(-c2ccc(C)cc2)oc2cc(N(C)S(C)(=O)=O)c(-c3cc(-c4cc5c(C#N)cccc5[nH]4)c(C)nn3)cc12. The average Bonchev–Trinajstić information content (AvgIpc) is 3.61. The third-order valence-corrected chi connectivity index (χ3v) is 8.93. The molecule has 2 N–H and O–H groups in total. The molecule has 10 nitrogen and oxygen atoms in total. The molecule has 44 heavy (non-hydrogen) atoms. The van der Waals surface area contributed by atoms with Gasteiger partial charge in [-0.1, -0.05) is 35.9 Å². The highest BCUT2D eigenvalue weighted by atomic mass is 32.2. The van der Waals surface area contributed by atoms with E-state index in [0.717, 1.165) is 38.3 Å². The van der Waals surface area contributed by atoms with Crippen LogP contribution in [-0.2, 0) is 10.0 Å². The molecule has 11 heteroatoms. The van der Waals surface area contributed by atoms with Crippen molar-refractivity contribution in [2.75, 3.05) is 24.7 Å². The second-order valence-electron chi connectivity index (χ2n) is 10.6. The van der Waals surface area contributed by atoms with Crippen LogP contribution in [0.25, 0.3) is 55.7 Å². The molecule has 0 bridgehead atoms. The number of aromatic amines is 1. The molecular weight excluding hydrogens is 576 g/mol. The van der Waals surface area contributed by atoms with Crippen LogP contribution in [0.3, 0.4) is 0 Å². The number of benzene rings is 3. The fourth-order valence-electron chi connectivity index (χ4n) is 5.29. The number of carbonyl (C=O) groups excluding carboxylic acids is 1. The Kier molecular flexibility index (Phi) is 6.94. The van der Waals surface area contributed by atoms with Crippen LogP contribution in [-0.4, -0.2) is 49.9 Å². The molecule has 3 aromatic heterocycles. The second kappa shape index (κ2) is 10.7. The van der Waals surface area contributed by atoms with Gasteiger partial charge in [-0.15, -0.1) is 0 Å². The molecule has 0 unspecified atom stereocenters. The lowest BCUT2D eigenvalue weighted by Gasteiger charge is -2.20. The summed E-state index contributed by atoms with van der Waals surface area (Å²) in [5.74, 6) is 0.0167. The standard InChI is InChI=1S/C33H28N6O4S/c1-18-9-11-20(12-10-18)32-31(33(40)35-3)25-13-24(29(16-30(25)43-32)39(4)44(5,41)42)28-14-22(19(2)37-38-28)27-15-23-21(17-34)7-6-8-26(23)36-27/h6-16,36H,1-5H3,(H,35,40). The first kappa shape index (κ1) is 28.6. The molecule has 3 heterocycles. The van der Waals surface area contributed by atoms with Crippen LogP contribution in [0.1, 0.15) is 27.2 Å². The van der Waals surface area contributed by atoms with E-state index in [9.17, 15) is 18.5 Å². The van der Waals surface area contributed by atoms with Crippen LogP contribution in [0.15, 0.2) is 71.1 Å². The van der Waals surface area contributed by atoms with Crippen molar-refractivity contribution in [1.29, 1.82) is 5.26 Å². The number of hydrogen-bond acceptors (Lipinski definition) is 7. The Bertz CT molecular complexity index is 2260. The lowest BCUT2D eigenvalue weighted by molar-refractivity contribution is 0.0964. The number of nitrogens with zero attached hydrogens (tertiary/aromatic N) is 4. The predicted molar refractivity (Wildman–Crippen MR) is 171 cm³/mol. The number of rotatable bonds is 6. The molecule has 1 amide bonds. The maximum absolute atomic E-state index is 13.3. The van der Waals surface area contributed by atoms with E-state index in [2.05, 4.69) is 26.6 Å². The Labute approximate surface area is 254 Å². The van der Waals surface area contributed by atoms with Gasteiger partial charge in [-0.2, -0.15) is 15.5 Å². The van der Waals surface area contributed by atoms with Crippen LogP contribution in [0.5, 0.6) is 0 Å². The molecule has 0 atom stereocenters. The third-order valence-electron chi connectivity index (χ3n) is 7.74. The number of hydrogen-bond donors (Lipinski definition) is 2. The second-order valence-corrected chi connectivity index (χ2v) is 12.7. The number of nitrogens with one attached hydrogen (secondary N) is 2. The van der Waals surface area contributed by atoms with Crippen molar-refractivity contribution in [2.45, 2.75) is 13.8 Å². The average molecular weight is 605 g/mol. The summed E-state index contributed by atoms with van der Waals surface area (Å²) in [7, 11) is -0.709. The first-order chi connectivity index (χ1) is 21.0. The molecule has 220 valence electrons. The van der Waals surface area contributed by atoms with Crippen molar-refractivity contribution >= 4 is 43.5 Å². The number of sulfonamides is 1. The molecule has 0 saturated carbocycles. The number of furan rings is 1. The number of amides is 1. The Balaban J connectivity index is 1.62. The molecule has 0 radical (unpaired) electrons. The van der Waals surface area contributed by atoms with E-state index in [0.29, 0.717) is 56.1 Å². The largest absolute Gasteiger partial charge is 0.455 e. The van der Waals surface area contributed by atoms with E-state index in [1.165, 1.54) is 7.05 Å².